The van der Waals surface area contributed by atoms with Gasteiger partial charge in [0.2, 0.25) is 0 Å². The molecular formula is C12H8N2Ni. The predicted molar refractivity (Wildman–Crippen MR) is 57.9 cm³/mol. The fraction of sp³-hybridized carbons (Fsp3) is 0. The summed E-state index contributed by atoms with van der Waals surface area (Å²) in [6.45, 7) is 0. The van der Waals surface area contributed by atoms with E-state index in [4.69, 9.17) is 0 Å². The molecule has 1 aromatic carbocycles. The summed E-state index contributed by atoms with van der Waals surface area (Å²) in [6.07, 6.45) is 12.8. The van der Waals surface area contributed by atoms with Crippen LogP contribution in [-0.4, -0.2) is 0 Å². The second-order valence-electron chi connectivity index (χ2n) is 3.58. The molecule has 2 nitrogen and oxygen atoms in total. The monoisotopic (exact) mass is 238 g/mol. The Morgan fingerprint density at radius 1 is 0.800 bits per heavy atom. The molecule has 1 aromatic rings. The van der Waals surface area contributed by atoms with Crippen molar-refractivity contribution in [2.75, 3.05) is 7.96 Å². The molecule has 0 N–H and O–H groups in total. The summed E-state index contributed by atoms with van der Waals surface area (Å²) in [5.74, 6) is 0. The van der Waals surface area contributed by atoms with Crippen molar-refractivity contribution in [3.05, 3.63) is 47.1 Å². The van der Waals surface area contributed by atoms with E-state index in [1.807, 2.05) is 0 Å². The molecule has 0 fully saturated rings. The summed E-state index contributed by atoms with van der Waals surface area (Å²) in [6, 6.07) is 4.38. The number of allylic oxidation sites excluding steroid dienone is 2. The first-order valence-electron chi connectivity index (χ1n) is 4.82. The van der Waals surface area contributed by atoms with E-state index in [0.717, 1.165) is 0 Å². The van der Waals surface area contributed by atoms with Crippen LogP contribution in [0.25, 0.3) is 12.2 Å². The van der Waals surface area contributed by atoms with Gasteiger partial charge in [-0.25, -0.2) is 0 Å². The first-order chi connectivity index (χ1) is 7.43. The number of nitrogens with zero attached hydrogens (tertiary/aromatic N) is 2. The Labute approximate surface area is 93.7 Å². The third-order valence-electron chi connectivity index (χ3n) is 2.72. The molecule has 0 unspecified atom stereocenters. The van der Waals surface area contributed by atoms with Gasteiger partial charge in [0.25, 0.3) is 0 Å². The molecule has 3 aliphatic rings. The fourth-order valence-electron chi connectivity index (χ4n) is 2.06. The van der Waals surface area contributed by atoms with Crippen LogP contribution in [0.5, 0.6) is 0 Å². The van der Waals surface area contributed by atoms with Crippen LogP contribution < -0.4 is 18.4 Å². The fourth-order valence-corrected chi connectivity index (χ4v) is 3.25. The van der Waals surface area contributed by atoms with E-state index in [0.29, 0.717) is 0 Å². The molecule has 0 atom stereocenters. The number of hydrogen-bond donors (Lipinski definition) is 0. The topological polar surface area (TPSA) is 6.48 Å². The van der Waals surface area contributed by atoms with E-state index in [1.165, 1.54) is 36.7 Å². The van der Waals surface area contributed by atoms with E-state index in [1.54, 1.807) is 0 Å². The predicted octanol–water partition coefficient (Wildman–Crippen LogP) is 0.841. The van der Waals surface area contributed by atoms with Crippen LogP contribution in [0.1, 0.15) is 0 Å². The Hall–Kier alpha value is -1.47. The Bertz CT molecular complexity index is 573. The zero-order valence-electron chi connectivity index (χ0n) is 7.83. The molecule has 0 saturated heterocycles. The molecule has 76 valence electrons. The van der Waals surface area contributed by atoms with Crippen molar-refractivity contribution in [3.8, 4) is 0 Å². The Morgan fingerprint density at radius 2 is 1.33 bits per heavy atom. The zero-order valence-corrected chi connectivity index (χ0v) is 8.82. The zero-order chi connectivity index (χ0) is 9.83. The summed E-state index contributed by atoms with van der Waals surface area (Å²) in [5.41, 5.74) is 2.66. The average Bonchev–Trinajstić information content (AvgIpc) is 2.66. The number of rotatable bonds is 0. The SMILES string of the molecule is C1=C[N]2[Ni][N]3C=CC=c4ccc(c2c43)=C1. The van der Waals surface area contributed by atoms with E-state index < -0.39 is 0 Å². The minimum absolute atomic E-state index is 1.31. The second kappa shape index (κ2) is 2.56. The van der Waals surface area contributed by atoms with E-state index in [2.05, 4.69) is 56.8 Å². The van der Waals surface area contributed by atoms with E-state index in [-0.39, 0.29) is 0 Å². The van der Waals surface area contributed by atoms with Gasteiger partial charge in [-0.3, -0.25) is 0 Å². The summed E-state index contributed by atoms with van der Waals surface area (Å²) in [4.78, 5) is 0. The quantitative estimate of drug-likeness (QED) is 0.619. The first kappa shape index (κ1) is 7.78. The van der Waals surface area contributed by atoms with Crippen LogP contribution in [-0.2, 0) is 14.9 Å². The summed E-state index contributed by atoms with van der Waals surface area (Å²) in [5, 5.41) is 2.61. The summed E-state index contributed by atoms with van der Waals surface area (Å²) < 4.78 is 4.48. The first-order valence-corrected chi connectivity index (χ1v) is 5.70. The van der Waals surface area contributed by atoms with Gasteiger partial charge in [0.15, 0.2) is 0 Å². The molecule has 15 heavy (non-hydrogen) atoms. The van der Waals surface area contributed by atoms with Crippen molar-refractivity contribution in [2.24, 2.45) is 0 Å². The molecule has 3 heterocycles. The van der Waals surface area contributed by atoms with Gasteiger partial charge in [-0.05, 0) is 0 Å². The average molecular weight is 239 g/mol. The second-order valence-corrected chi connectivity index (χ2v) is 4.73. The van der Waals surface area contributed by atoms with Crippen molar-refractivity contribution >= 4 is 23.5 Å². The number of hydrogen-bond acceptors (Lipinski definition) is 2. The van der Waals surface area contributed by atoms with Crippen molar-refractivity contribution in [2.45, 2.75) is 0 Å². The van der Waals surface area contributed by atoms with Crippen molar-refractivity contribution < 1.29 is 14.9 Å². The Morgan fingerprint density at radius 3 is 1.87 bits per heavy atom. The van der Waals surface area contributed by atoms with Crippen molar-refractivity contribution in [1.29, 1.82) is 0 Å². The molecule has 0 saturated carbocycles. The molecule has 0 bridgehead atoms. The third-order valence-corrected chi connectivity index (χ3v) is 3.88. The molecule has 0 amide bonds. The molecule has 0 spiro atoms. The molecule has 3 heteroatoms. The van der Waals surface area contributed by atoms with Crippen molar-refractivity contribution in [1.82, 2.24) is 0 Å². The maximum atomic E-state index is 2.24. The van der Waals surface area contributed by atoms with Gasteiger partial charge in [0.1, 0.15) is 0 Å². The summed E-state index contributed by atoms with van der Waals surface area (Å²) in [7, 11) is 0. The van der Waals surface area contributed by atoms with Gasteiger partial charge < -0.3 is 0 Å². The normalized spacial score (nSPS) is 19.2. The molecule has 0 aliphatic carbocycles. The molecule has 3 aliphatic heterocycles. The van der Waals surface area contributed by atoms with E-state index >= 15 is 0 Å². The standard InChI is InChI=1S/C12H8N2.Ni/c1-3-9-5-6-10-4-2-8-14-12(10)11(9)13-7-1;/h1-8H;/q-2;+2. The minimum atomic E-state index is 1.31. The van der Waals surface area contributed by atoms with Crippen LogP contribution >= 0.6 is 0 Å². The van der Waals surface area contributed by atoms with Crippen LogP contribution in [0.3, 0.4) is 0 Å². The summed E-state index contributed by atoms with van der Waals surface area (Å²) >= 11 is 1.53. The number of anilines is 2. The van der Waals surface area contributed by atoms with E-state index in [9.17, 15) is 0 Å². The van der Waals surface area contributed by atoms with Gasteiger partial charge in [0.05, 0.1) is 0 Å². The maximum absolute atomic E-state index is 2.24. The van der Waals surface area contributed by atoms with Gasteiger partial charge in [0, 0.05) is 0 Å². The van der Waals surface area contributed by atoms with Crippen LogP contribution in [0.15, 0.2) is 36.7 Å². The van der Waals surface area contributed by atoms with Gasteiger partial charge in [-0.15, -0.1) is 0 Å². The molecule has 0 aromatic heterocycles. The number of benzene rings is 1. The van der Waals surface area contributed by atoms with Crippen LogP contribution in [0.2, 0.25) is 0 Å². The van der Waals surface area contributed by atoms with Crippen LogP contribution in [0.4, 0.5) is 11.4 Å². The third kappa shape index (κ3) is 0.890. The molecule has 0 radical (unpaired) electrons. The van der Waals surface area contributed by atoms with Crippen molar-refractivity contribution in [3.63, 3.8) is 0 Å². The molecular weight excluding hydrogens is 231 g/mol. The Balaban J connectivity index is 2.23. The van der Waals surface area contributed by atoms with Gasteiger partial charge in [-0.1, -0.05) is 0 Å². The van der Waals surface area contributed by atoms with Gasteiger partial charge in [-0.2, -0.15) is 0 Å². The van der Waals surface area contributed by atoms with Gasteiger partial charge >= 0.3 is 93.5 Å². The Kier molecular flexibility index (Phi) is 1.33. The molecule has 4 rings (SSSR count). The van der Waals surface area contributed by atoms with Crippen LogP contribution in [0, 0.1) is 0 Å².